The van der Waals surface area contributed by atoms with Crippen LogP contribution in [0.15, 0.2) is 0 Å². The molecule has 0 atom stereocenters. The van der Waals surface area contributed by atoms with Gasteiger partial charge < -0.3 is 49.7 Å². The van der Waals surface area contributed by atoms with E-state index in [-0.39, 0.29) is 17.0 Å². The topological polar surface area (TPSA) is 158 Å². The van der Waals surface area contributed by atoms with E-state index in [1.54, 1.807) is 0 Å². The molecule has 3 N–H and O–H groups in total. The van der Waals surface area contributed by atoms with Gasteiger partial charge in [-0.05, 0) is 53.4 Å². The first-order valence-electron chi connectivity index (χ1n) is 22.3. The molecule has 0 spiro atoms. The van der Waals surface area contributed by atoms with Gasteiger partial charge in [0.25, 0.3) is 0 Å². The third kappa shape index (κ3) is 86.2. The predicted octanol–water partition coefficient (Wildman–Crippen LogP) is 6.83. The molecule has 0 aromatic rings. The predicted molar refractivity (Wildman–Crippen MR) is 234 cm³/mol. The summed E-state index contributed by atoms with van der Waals surface area (Å²) in [6, 6.07) is 0. The van der Waals surface area contributed by atoms with Crippen LogP contribution in [-0.4, -0.2) is 117 Å². The maximum Gasteiger partial charge on any atom is 0.394 e. The Balaban J connectivity index is -0.000000153. The minimum absolute atomic E-state index is 0. The molecule has 348 valence electrons. The van der Waals surface area contributed by atoms with E-state index in [1.165, 1.54) is 198 Å². The highest BCUT2D eigenvalue weighted by molar-refractivity contribution is 7.79. The first kappa shape index (κ1) is 68.1. The van der Waals surface area contributed by atoms with Gasteiger partial charge in [0.05, 0.1) is 89.4 Å². The van der Waals surface area contributed by atoms with Gasteiger partial charge in [0, 0.05) is 0 Å². The van der Waals surface area contributed by atoms with Gasteiger partial charge >= 0.3 is 10.4 Å². The van der Waals surface area contributed by atoms with Crippen molar-refractivity contribution in [3.05, 3.63) is 0 Å². The average molecular weight is 917 g/mol. The molecule has 0 amide bonds. The summed E-state index contributed by atoms with van der Waals surface area (Å²) >= 11 is 0. The van der Waals surface area contributed by atoms with E-state index >= 15 is 0 Å². The number of hydrogen-bond donors (Lipinski definition) is 3. The molecule has 0 aliphatic rings. The molecule has 0 aromatic heterocycles. The van der Waals surface area contributed by atoms with Gasteiger partial charge in [0.15, 0.2) is 0 Å². The summed E-state index contributed by atoms with van der Waals surface area (Å²) in [4.78, 5) is 24.3. The van der Waals surface area contributed by atoms with Crippen LogP contribution in [-0.2, 0) is 15.0 Å². The fraction of sp³-hybridized carbons (Fsp3) is 1.00. The number of unbranched alkanes of at least 4 members (excludes halogenated alkanes) is 22. The van der Waals surface area contributed by atoms with Crippen LogP contribution in [0.3, 0.4) is 0 Å². The van der Waals surface area contributed by atoms with E-state index in [0.717, 1.165) is 8.97 Å². The summed E-state index contributed by atoms with van der Waals surface area (Å²) in [5.74, 6) is 0. The lowest BCUT2D eigenvalue weighted by Gasteiger charge is -2.34. The van der Waals surface area contributed by atoms with Gasteiger partial charge in [-0.3, -0.25) is 9.11 Å². The molecule has 0 fully saturated rings. The second-order valence-corrected chi connectivity index (χ2v) is 19.2. The molecule has 0 aliphatic heterocycles. The van der Waals surface area contributed by atoms with Crippen molar-refractivity contribution in [1.82, 2.24) is 0 Å². The van der Waals surface area contributed by atoms with Crippen molar-refractivity contribution in [3.8, 4) is 0 Å². The molecule has 0 unspecified atom stereocenters. The molecule has 0 heterocycles. The van der Waals surface area contributed by atoms with Crippen LogP contribution in [0.1, 0.15) is 196 Å². The number of quaternary nitrogens is 3. The summed E-state index contributed by atoms with van der Waals surface area (Å²) in [6.45, 7) is 21.5. The Morgan fingerprint density at radius 3 is 0.679 bits per heavy atom. The Labute approximate surface area is 361 Å². The van der Waals surface area contributed by atoms with Crippen LogP contribution in [0.5, 0.6) is 0 Å². The minimum Gasteiger partial charge on any atom is -1.00 e. The van der Waals surface area contributed by atoms with Crippen LogP contribution in [0.25, 0.3) is 0 Å². The second kappa shape index (κ2) is 44.9. The first-order chi connectivity index (χ1) is 25.4. The van der Waals surface area contributed by atoms with E-state index in [0.29, 0.717) is 0 Å². The molecule has 14 heteroatoms. The molecule has 0 aliphatic carbocycles. The lowest BCUT2D eigenvalue weighted by molar-refractivity contribution is -0.921. The van der Waals surface area contributed by atoms with E-state index in [9.17, 15) is 0 Å². The summed E-state index contributed by atoms with van der Waals surface area (Å²) in [7, 11) is 3.94. The van der Waals surface area contributed by atoms with E-state index < -0.39 is 18.2 Å². The van der Waals surface area contributed by atoms with Crippen LogP contribution in [0, 0.1) is 0 Å². The summed E-state index contributed by atoms with van der Waals surface area (Å²) in [5, 5.41) is 0. The molecule has 0 radical (unpaired) electrons. The summed E-state index contributed by atoms with van der Waals surface area (Å²) < 4.78 is 43.8. The van der Waals surface area contributed by atoms with Crippen molar-refractivity contribution in [2.45, 2.75) is 196 Å². The van der Waals surface area contributed by atoms with E-state index in [1.807, 2.05) is 0 Å². The number of rotatable bonds is 30. The molecule has 0 saturated carbocycles. The van der Waals surface area contributed by atoms with Gasteiger partial charge in [-0.1, -0.05) is 142 Å². The van der Waals surface area contributed by atoms with Crippen LogP contribution >= 0.6 is 7.82 Å². The Bertz CT molecular complexity index is 839. The van der Waals surface area contributed by atoms with Gasteiger partial charge in [-0.25, -0.2) is 0 Å². The lowest BCUT2D eigenvalue weighted by atomic mass is 10.1. The first-order valence-corrected chi connectivity index (χ1v) is 25.2. The van der Waals surface area contributed by atoms with Crippen LogP contribution < -0.4 is 26.8 Å². The van der Waals surface area contributed by atoms with Crippen LogP contribution in [0.2, 0.25) is 0 Å². The molecular formula is C42H99BrN3O8PS. The monoisotopic (exact) mass is 916 g/mol. The van der Waals surface area contributed by atoms with Crippen molar-refractivity contribution < 1.29 is 67.2 Å². The minimum atomic E-state index is -5.14. The van der Waals surface area contributed by atoms with Crippen molar-refractivity contribution >= 4 is 18.2 Å². The standard InChI is InChI=1S/2C17H38N.C8H20N.BrH.H3O4P.H2O4S/c2*1-5-6-7-8-9-10-11-12-13-14-15-16-17-18(2,3)4;1-5-9(6-2,7-3)8-4;;2*1-5(2,3)4/h2*5-17H2,1-4H3;5-8H2,1-4H3;1H;(H3,1,2,3,4);(H2,1,2,3,4)/q3*+1;;;/p-3. The summed E-state index contributed by atoms with van der Waals surface area (Å²) in [6.07, 6.45) is 34.8. The molecular weight excluding hydrogens is 817 g/mol. The Morgan fingerprint density at radius 2 is 0.571 bits per heavy atom. The average Bonchev–Trinajstić information content (AvgIpc) is 3.05. The zero-order valence-corrected chi connectivity index (χ0v) is 42.5. The van der Waals surface area contributed by atoms with Gasteiger partial charge in [-0.2, -0.15) is 8.42 Å². The maximum absolute atomic E-state index is 8.74. The zero-order valence-electron chi connectivity index (χ0n) is 39.2. The van der Waals surface area contributed by atoms with Crippen molar-refractivity contribution in [3.63, 3.8) is 0 Å². The Morgan fingerprint density at radius 1 is 0.429 bits per heavy atom. The van der Waals surface area contributed by atoms with Gasteiger partial charge in [0.1, 0.15) is 0 Å². The van der Waals surface area contributed by atoms with E-state index in [4.69, 9.17) is 36.8 Å². The molecule has 11 nitrogen and oxygen atoms in total. The molecule has 0 bridgehead atoms. The highest BCUT2D eigenvalue weighted by Crippen LogP contribution is 2.14. The molecule has 56 heavy (non-hydrogen) atoms. The number of phosphoric acid groups is 1. The maximum atomic E-state index is 8.74. The van der Waals surface area contributed by atoms with E-state index in [2.05, 4.69) is 83.8 Å². The van der Waals surface area contributed by atoms with Crippen LogP contribution in [0.4, 0.5) is 0 Å². The summed E-state index contributed by atoms with van der Waals surface area (Å²) in [5.41, 5.74) is 0. The SMILES string of the molecule is CCCCCCCCCCCCCC[N+](C)(C)C.CCCCCCCCCCCCCC[N+](C)(C)C.CC[N+](CC)(CC)CC.O=P([O-])([O-])O.O=S(=O)(O)O.[Br-]. The lowest BCUT2D eigenvalue weighted by Crippen LogP contribution is -3.00. The van der Waals surface area contributed by atoms with Gasteiger partial charge in [0.2, 0.25) is 0 Å². The Hall–Kier alpha value is 0.340. The highest BCUT2D eigenvalue weighted by Gasteiger charge is 2.16. The van der Waals surface area contributed by atoms with Crippen molar-refractivity contribution in [1.29, 1.82) is 0 Å². The fourth-order valence-corrected chi connectivity index (χ4v) is 6.20. The number of hydrogen-bond acceptors (Lipinski definition) is 5. The number of nitrogens with zero attached hydrogens (tertiary/aromatic N) is 3. The van der Waals surface area contributed by atoms with Crippen molar-refractivity contribution in [2.24, 2.45) is 0 Å². The normalized spacial score (nSPS) is 11.7. The smallest absolute Gasteiger partial charge is 0.394 e. The third-order valence-electron chi connectivity index (χ3n) is 10.0. The highest BCUT2D eigenvalue weighted by atomic mass is 79.9. The molecule has 0 saturated heterocycles. The Kier molecular flexibility index (Phi) is 54.6. The second-order valence-electron chi connectivity index (χ2n) is 17.3. The molecule has 0 aromatic carbocycles. The zero-order chi connectivity index (χ0) is 43.7. The number of halogens is 1. The largest absolute Gasteiger partial charge is 1.00 e. The molecule has 0 rings (SSSR count). The van der Waals surface area contributed by atoms with Gasteiger partial charge in [-0.15, -0.1) is 0 Å². The fourth-order valence-electron chi connectivity index (χ4n) is 6.20. The quantitative estimate of drug-likeness (QED) is 0.0307. The third-order valence-corrected chi connectivity index (χ3v) is 10.0. The van der Waals surface area contributed by atoms with Crippen molar-refractivity contribution in [2.75, 3.05) is 81.6 Å².